The van der Waals surface area contributed by atoms with E-state index >= 15 is 0 Å². The number of rotatable bonds is 8. The van der Waals surface area contributed by atoms with Crippen molar-refractivity contribution in [3.63, 3.8) is 0 Å². The largest absolute Gasteiger partial charge is 0.383 e. The number of likely N-dealkylation sites (tertiary alicyclic amines) is 1. The zero-order valence-corrected chi connectivity index (χ0v) is 20.8. The third-order valence-electron chi connectivity index (χ3n) is 7.54. The molecule has 1 aliphatic carbocycles. The summed E-state index contributed by atoms with van der Waals surface area (Å²) in [5, 5.41) is 3.05. The topological polar surface area (TPSA) is 80.6 Å². The van der Waals surface area contributed by atoms with Gasteiger partial charge in [0.15, 0.2) is 0 Å². The second-order valence-electron chi connectivity index (χ2n) is 9.89. The molecule has 2 aliphatic rings. The van der Waals surface area contributed by atoms with Gasteiger partial charge in [-0.05, 0) is 31.2 Å². The van der Waals surface area contributed by atoms with Crippen LogP contribution in [0.15, 0.2) is 47.5 Å². The van der Waals surface area contributed by atoms with Gasteiger partial charge in [0.2, 0.25) is 5.43 Å². The number of hydrogen-bond acceptors (Lipinski definition) is 4. The van der Waals surface area contributed by atoms with E-state index in [0.29, 0.717) is 32.8 Å². The summed E-state index contributed by atoms with van der Waals surface area (Å²) in [6.07, 6.45) is 11.4. The van der Waals surface area contributed by atoms with E-state index < -0.39 is 11.3 Å². The highest BCUT2D eigenvalue weighted by molar-refractivity contribution is 5.99. The van der Waals surface area contributed by atoms with E-state index in [2.05, 4.69) is 17.4 Å². The Labute approximate surface area is 207 Å². The summed E-state index contributed by atoms with van der Waals surface area (Å²) < 4.78 is 6.92. The molecule has 1 N–H and O–H groups in total. The molecule has 4 rings (SSSR count). The van der Waals surface area contributed by atoms with Crippen LogP contribution in [0.25, 0.3) is 0 Å². The number of benzene rings is 1. The minimum Gasteiger partial charge on any atom is -0.383 e. The van der Waals surface area contributed by atoms with Crippen LogP contribution >= 0.6 is 0 Å². The molecule has 0 unspecified atom stereocenters. The Bertz CT molecular complexity index is 1070. The molecule has 188 valence electrons. The molecule has 0 bridgehead atoms. The highest BCUT2D eigenvalue weighted by atomic mass is 16.5. The quantitative estimate of drug-likeness (QED) is 0.625. The average molecular weight is 480 g/mol. The highest BCUT2D eigenvalue weighted by Crippen LogP contribution is 2.40. The first-order chi connectivity index (χ1) is 17.0. The summed E-state index contributed by atoms with van der Waals surface area (Å²) in [4.78, 5) is 41.8. The van der Waals surface area contributed by atoms with Crippen LogP contribution in [0.5, 0.6) is 0 Å². The molecule has 0 radical (unpaired) electrons. The molecule has 7 heteroatoms. The molecule has 2 fully saturated rings. The molecule has 1 saturated heterocycles. The molecule has 0 spiro atoms. The van der Waals surface area contributed by atoms with Gasteiger partial charge in [0, 0.05) is 51.1 Å². The van der Waals surface area contributed by atoms with Gasteiger partial charge in [-0.1, -0.05) is 56.0 Å². The molecule has 7 nitrogen and oxygen atoms in total. The van der Waals surface area contributed by atoms with Crippen molar-refractivity contribution < 1.29 is 14.3 Å². The molecule has 1 aromatic heterocycles. The monoisotopic (exact) mass is 479 g/mol. The Morgan fingerprint density at radius 2 is 1.60 bits per heavy atom. The second kappa shape index (κ2) is 11.7. The van der Waals surface area contributed by atoms with Crippen molar-refractivity contribution in [2.75, 3.05) is 33.4 Å². The second-order valence-corrected chi connectivity index (χ2v) is 9.89. The molecule has 1 saturated carbocycles. The minimum atomic E-state index is -0.495. The van der Waals surface area contributed by atoms with Crippen molar-refractivity contribution >= 4 is 11.8 Å². The third-order valence-corrected chi connectivity index (χ3v) is 7.54. The molecule has 0 atom stereocenters. The van der Waals surface area contributed by atoms with E-state index in [1.54, 1.807) is 29.0 Å². The Morgan fingerprint density at radius 3 is 2.26 bits per heavy atom. The van der Waals surface area contributed by atoms with E-state index in [1.807, 2.05) is 18.2 Å². The van der Waals surface area contributed by atoms with E-state index in [9.17, 15) is 14.4 Å². The molecular formula is C28H37N3O4. The fraction of sp³-hybridized carbons (Fsp3) is 0.536. The zero-order valence-electron chi connectivity index (χ0n) is 20.8. The normalized spacial score (nSPS) is 17.7. The molecule has 1 aromatic carbocycles. The van der Waals surface area contributed by atoms with E-state index in [4.69, 9.17) is 4.74 Å². The summed E-state index contributed by atoms with van der Waals surface area (Å²) in [5.41, 5.74) is 0.689. The van der Waals surface area contributed by atoms with Crippen LogP contribution in [0.2, 0.25) is 0 Å². The van der Waals surface area contributed by atoms with Gasteiger partial charge in [-0.15, -0.1) is 0 Å². The van der Waals surface area contributed by atoms with Gasteiger partial charge in [-0.25, -0.2) is 0 Å². The predicted molar refractivity (Wildman–Crippen MR) is 136 cm³/mol. The van der Waals surface area contributed by atoms with Gasteiger partial charge in [-0.2, -0.15) is 0 Å². The van der Waals surface area contributed by atoms with Crippen molar-refractivity contribution in [2.45, 2.75) is 63.3 Å². The van der Waals surface area contributed by atoms with Crippen molar-refractivity contribution in [3.8, 4) is 0 Å². The lowest BCUT2D eigenvalue weighted by molar-refractivity contribution is 0.0759. The maximum absolute atomic E-state index is 13.4. The number of ether oxygens (including phenoxy) is 1. The number of carbonyl (C=O) groups is 2. The van der Waals surface area contributed by atoms with Crippen molar-refractivity contribution in [2.24, 2.45) is 0 Å². The Hall–Kier alpha value is -2.93. The van der Waals surface area contributed by atoms with Gasteiger partial charge < -0.3 is 19.5 Å². The number of nitrogens with one attached hydrogen (secondary N) is 1. The fourth-order valence-electron chi connectivity index (χ4n) is 5.47. The number of methoxy groups -OCH3 is 1. The lowest BCUT2D eigenvalue weighted by Gasteiger charge is -2.30. The van der Waals surface area contributed by atoms with E-state index in [1.165, 1.54) is 5.56 Å². The number of amides is 2. The van der Waals surface area contributed by atoms with Crippen LogP contribution in [-0.4, -0.2) is 54.6 Å². The first-order valence-corrected chi connectivity index (χ1v) is 12.9. The Kier molecular flexibility index (Phi) is 8.39. The number of aromatic nitrogens is 1. The van der Waals surface area contributed by atoms with Crippen LogP contribution in [0.4, 0.5) is 0 Å². The molecule has 2 aromatic rings. The van der Waals surface area contributed by atoms with Crippen molar-refractivity contribution in [1.29, 1.82) is 0 Å². The van der Waals surface area contributed by atoms with Crippen molar-refractivity contribution in [3.05, 3.63) is 69.6 Å². The molecule has 2 heterocycles. The molecule has 2 amide bonds. The average Bonchev–Trinajstić information content (AvgIpc) is 3.21. The summed E-state index contributed by atoms with van der Waals surface area (Å²) in [6.45, 7) is 2.63. The number of hydrogen-bond donors (Lipinski definition) is 1. The number of nitrogens with zero attached hydrogens (tertiary/aromatic N) is 2. The Morgan fingerprint density at radius 1 is 0.943 bits per heavy atom. The SMILES string of the molecule is COCCn1cc(C(=O)NCC2(c3ccccc3)CCCC2)c(=O)c(C(=O)N2CCCCCC2)c1. The van der Waals surface area contributed by atoms with Crippen LogP contribution in [0, 0.1) is 0 Å². The Balaban J connectivity index is 1.60. The lowest BCUT2D eigenvalue weighted by Crippen LogP contribution is -2.42. The first kappa shape index (κ1) is 25.2. The number of carbonyl (C=O) groups excluding carboxylic acids is 2. The maximum Gasteiger partial charge on any atom is 0.259 e. The summed E-state index contributed by atoms with van der Waals surface area (Å²) in [7, 11) is 1.60. The third kappa shape index (κ3) is 5.84. The summed E-state index contributed by atoms with van der Waals surface area (Å²) >= 11 is 0. The van der Waals surface area contributed by atoms with Crippen LogP contribution in [0.3, 0.4) is 0 Å². The highest BCUT2D eigenvalue weighted by Gasteiger charge is 2.36. The standard InChI is InChI=1S/C28H37N3O4/c1-35-18-17-30-19-23(25(32)24(20-30)27(34)31-15-9-2-3-10-16-31)26(33)29-21-28(13-7-8-14-28)22-11-5-4-6-12-22/h4-6,11-12,19-20H,2-3,7-10,13-18,21H2,1H3,(H,29,33). The smallest absolute Gasteiger partial charge is 0.259 e. The molecule has 1 aliphatic heterocycles. The van der Waals surface area contributed by atoms with Crippen LogP contribution < -0.4 is 10.7 Å². The molecule has 35 heavy (non-hydrogen) atoms. The lowest BCUT2D eigenvalue weighted by atomic mass is 9.79. The number of pyridine rings is 1. The van der Waals surface area contributed by atoms with Gasteiger partial charge in [0.05, 0.1) is 6.61 Å². The fourth-order valence-corrected chi connectivity index (χ4v) is 5.47. The minimum absolute atomic E-state index is 0.0167. The van der Waals surface area contributed by atoms with Gasteiger partial charge >= 0.3 is 0 Å². The first-order valence-electron chi connectivity index (χ1n) is 12.9. The van der Waals surface area contributed by atoms with Gasteiger partial charge in [0.1, 0.15) is 11.1 Å². The van der Waals surface area contributed by atoms with Gasteiger partial charge in [-0.3, -0.25) is 14.4 Å². The van der Waals surface area contributed by atoms with E-state index in [0.717, 1.165) is 51.4 Å². The van der Waals surface area contributed by atoms with E-state index in [-0.39, 0.29) is 22.4 Å². The zero-order chi connectivity index (χ0) is 24.7. The molecular weight excluding hydrogens is 442 g/mol. The van der Waals surface area contributed by atoms with Gasteiger partial charge in [0.25, 0.3) is 11.8 Å². The van der Waals surface area contributed by atoms with Crippen LogP contribution in [0.1, 0.15) is 77.6 Å². The summed E-state index contributed by atoms with van der Waals surface area (Å²) in [5.74, 6) is -0.705. The maximum atomic E-state index is 13.4. The summed E-state index contributed by atoms with van der Waals surface area (Å²) in [6, 6.07) is 10.3. The predicted octanol–water partition coefficient (Wildman–Crippen LogP) is 3.75. The van der Waals surface area contributed by atoms with Crippen molar-refractivity contribution in [1.82, 2.24) is 14.8 Å². The van der Waals surface area contributed by atoms with Crippen LogP contribution in [-0.2, 0) is 16.7 Å².